The van der Waals surface area contributed by atoms with E-state index in [-0.39, 0.29) is 11.5 Å². The average Bonchev–Trinajstić information content (AvgIpc) is 2.38. The van der Waals surface area contributed by atoms with Crippen LogP contribution in [0.1, 0.15) is 25.7 Å². The smallest absolute Gasteiger partial charge is 0.305 e. The molecule has 6 heteroatoms. The van der Waals surface area contributed by atoms with Crippen molar-refractivity contribution in [2.45, 2.75) is 25.7 Å². The predicted octanol–water partition coefficient (Wildman–Crippen LogP) is 0.926. The first kappa shape index (κ1) is 14.2. The van der Waals surface area contributed by atoms with Gasteiger partial charge in [0.15, 0.2) is 5.82 Å². The van der Waals surface area contributed by atoms with Crippen LogP contribution in [0.3, 0.4) is 0 Å². The van der Waals surface area contributed by atoms with E-state index in [1.807, 2.05) is 0 Å². The Morgan fingerprint density at radius 2 is 2.22 bits per heavy atom. The van der Waals surface area contributed by atoms with Gasteiger partial charge < -0.3 is 14.6 Å². The lowest BCUT2D eigenvalue weighted by molar-refractivity contribution is -0.140. The van der Waals surface area contributed by atoms with Crippen LogP contribution in [0.15, 0.2) is 17.2 Å². The van der Waals surface area contributed by atoms with Crippen molar-refractivity contribution in [2.24, 2.45) is 7.05 Å². The van der Waals surface area contributed by atoms with Crippen LogP contribution in [0.5, 0.6) is 0 Å². The van der Waals surface area contributed by atoms with Crippen molar-refractivity contribution in [2.75, 3.05) is 19.0 Å². The van der Waals surface area contributed by atoms with Crippen molar-refractivity contribution in [3.8, 4) is 0 Å². The summed E-state index contributed by atoms with van der Waals surface area (Å²) in [6.45, 7) is 0.674. The van der Waals surface area contributed by atoms with Gasteiger partial charge in [-0.3, -0.25) is 9.59 Å². The van der Waals surface area contributed by atoms with E-state index < -0.39 is 0 Å². The van der Waals surface area contributed by atoms with Gasteiger partial charge in [-0.1, -0.05) is 6.42 Å². The zero-order chi connectivity index (χ0) is 13.4. The Balaban J connectivity index is 2.20. The van der Waals surface area contributed by atoms with Gasteiger partial charge in [-0.05, 0) is 12.8 Å². The van der Waals surface area contributed by atoms with Crippen LogP contribution in [-0.2, 0) is 16.6 Å². The molecule has 0 amide bonds. The van der Waals surface area contributed by atoms with E-state index in [9.17, 15) is 9.59 Å². The molecule has 0 spiro atoms. The van der Waals surface area contributed by atoms with Crippen LogP contribution in [0.4, 0.5) is 5.82 Å². The van der Waals surface area contributed by atoms with Crippen LogP contribution in [-0.4, -0.2) is 29.2 Å². The van der Waals surface area contributed by atoms with Crippen molar-refractivity contribution in [3.63, 3.8) is 0 Å². The molecule has 0 aromatic carbocycles. The number of methoxy groups -OCH3 is 1. The fourth-order valence-corrected chi connectivity index (χ4v) is 1.50. The molecule has 1 aromatic rings. The lowest BCUT2D eigenvalue weighted by Crippen LogP contribution is -2.22. The van der Waals surface area contributed by atoms with E-state index in [2.05, 4.69) is 15.0 Å². The second-order valence-corrected chi connectivity index (χ2v) is 4.01. The Kier molecular flexibility index (Phi) is 5.90. The number of anilines is 1. The molecule has 0 radical (unpaired) electrons. The maximum Gasteiger partial charge on any atom is 0.305 e. The van der Waals surface area contributed by atoms with E-state index in [1.54, 1.807) is 19.4 Å². The van der Waals surface area contributed by atoms with E-state index in [1.165, 1.54) is 11.7 Å². The van der Waals surface area contributed by atoms with Gasteiger partial charge in [-0.25, -0.2) is 4.98 Å². The van der Waals surface area contributed by atoms with Crippen LogP contribution < -0.4 is 10.9 Å². The van der Waals surface area contributed by atoms with Crippen molar-refractivity contribution >= 4 is 11.8 Å². The van der Waals surface area contributed by atoms with Crippen molar-refractivity contribution in [3.05, 3.63) is 22.7 Å². The van der Waals surface area contributed by atoms with E-state index in [4.69, 9.17) is 0 Å². The van der Waals surface area contributed by atoms with Crippen molar-refractivity contribution in [1.82, 2.24) is 9.55 Å². The number of unbranched alkanes of at least 4 members (excludes halogenated alkanes) is 2. The van der Waals surface area contributed by atoms with E-state index in [0.717, 1.165) is 19.3 Å². The van der Waals surface area contributed by atoms with E-state index >= 15 is 0 Å². The molecular formula is C12H19N3O3. The van der Waals surface area contributed by atoms with Gasteiger partial charge in [-0.15, -0.1) is 0 Å². The molecule has 0 bridgehead atoms. The summed E-state index contributed by atoms with van der Waals surface area (Å²) < 4.78 is 6.03. The number of ether oxygens (including phenoxy) is 1. The third-order valence-corrected chi connectivity index (χ3v) is 2.59. The maximum absolute atomic E-state index is 11.6. The summed E-state index contributed by atoms with van der Waals surface area (Å²) in [6.07, 6.45) is 6.24. The molecule has 18 heavy (non-hydrogen) atoms. The second-order valence-electron chi connectivity index (χ2n) is 4.01. The number of carbonyl (C=O) groups is 1. The Morgan fingerprint density at radius 1 is 1.44 bits per heavy atom. The Bertz CT molecular complexity index is 442. The summed E-state index contributed by atoms with van der Waals surface area (Å²) in [5.41, 5.74) is -0.132. The lowest BCUT2D eigenvalue weighted by atomic mass is 10.2. The molecule has 0 aliphatic carbocycles. The molecule has 0 saturated carbocycles. The zero-order valence-corrected chi connectivity index (χ0v) is 10.8. The fourth-order valence-electron chi connectivity index (χ4n) is 1.50. The van der Waals surface area contributed by atoms with Crippen molar-refractivity contribution in [1.29, 1.82) is 0 Å². The quantitative estimate of drug-likeness (QED) is 0.578. The molecule has 0 fully saturated rings. The normalized spacial score (nSPS) is 10.1. The van der Waals surface area contributed by atoms with Gasteiger partial charge in [0, 0.05) is 32.4 Å². The van der Waals surface area contributed by atoms with Gasteiger partial charge in [0.25, 0.3) is 5.56 Å². The molecule has 0 unspecified atom stereocenters. The molecule has 0 atom stereocenters. The Labute approximate surface area is 106 Å². The van der Waals surface area contributed by atoms with Gasteiger partial charge >= 0.3 is 5.97 Å². The molecule has 100 valence electrons. The molecular weight excluding hydrogens is 234 g/mol. The topological polar surface area (TPSA) is 73.2 Å². The average molecular weight is 253 g/mol. The predicted molar refractivity (Wildman–Crippen MR) is 68.5 cm³/mol. The number of hydrogen-bond donors (Lipinski definition) is 1. The fraction of sp³-hybridized carbons (Fsp3) is 0.583. The summed E-state index contributed by atoms with van der Waals surface area (Å²) in [7, 11) is 3.08. The molecule has 0 aliphatic heterocycles. The highest BCUT2D eigenvalue weighted by atomic mass is 16.5. The Hall–Kier alpha value is -1.85. The highest BCUT2D eigenvalue weighted by Gasteiger charge is 2.02. The van der Waals surface area contributed by atoms with Gasteiger partial charge in [-0.2, -0.15) is 0 Å². The number of hydrogen-bond acceptors (Lipinski definition) is 5. The minimum atomic E-state index is -0.179. The summed E-state index contributed by atoms with van der Waals surface area (Å²) in [6, 6.07) is 0. The number of aromatic nitrogens is 2. The number of nitrogens with zero attached hydrogens (tertiary/aromatic N) is 2. The summed E-state index contributed by atoms with van der Waals surface area (Å²) in [4.78, 5) is 26.4. The molecule has 6 nitrogen and oxygen atoms in total. The monoisotopic (exact) mass is 253 g/mol. The zero-order valence-electron chi connectivity index (χ0n) is 10.8. The molecule has 0 saturated heterocycles. The van der Waals surface area contributed by atoms with E-state index in [0.29, 0.717) is 18.8 Å². The second kappa shape index (κ2) is 7.47. The third-order valence-electron chi connectivity index (χ3n) is 2.59. The number of esters is 1. The molecule has 0 aliphatic rings. The first-order valence-electron chi connectivity index (χ1n) is 5.97. The van der Waals surface area contributed by atoms with Crippen LogP contribution in [0, 0.1) is 0 Å². The van der Waals surface area contributed by atoms with Gasteiger partial charge in [0.05, 0.1) is 7.11 Å². The molecule has 1 N–H and O–H groups in total. The highest BCUT2D eigenvalue weighted by Crippen LogP contribution is 2.01. The largest absolute Gasteiger partial charge is 0.469 e. The molecule has 1 heterocycles. The maximum atomic E-state index is 11.6. The van der Waals surface area contributed by atoms with Crippen molar-refractivity contribution < 1.29 is 9.53 Å². The number of carbonyl (C=O) groups excluding carboxylic acids is 1. The highest BCUT2D eigenvalue weighted by molar-refractivity contribution is 5.68. The Morgan fingerprint density at radius 3 is 2.94 bits per heavy atom. The molecule has 1 aromatic heterocycles. The minimum Gasteiger partial charge on any atom is -0.469 e. The minimum absolute atomic E-state index is 0.132. The third kappa shape index (κ3) is 4.57. The summed E-state index contributed by atoms with van der Waals surface area (Å²) in [5, 5.41) is 3.00. The van der Waals surface area contributed by atoms with Crippen LogP contribution in [0.25, 0.3) is 0 Å². The molecule has 1 rings (SSSR count). The standard InChI is InChI=1S/C12H19N3O3/c1-15-9-8-14-11(12(15)17)13-7-5-3-4-6-10(16)18-2/h8-9H,3-7H2,1-2H3,(H,13,14). The van der Waals surface area contributed by atoms with Gasteiger partial charge in [0.1, 0.15) is 0 Å². The lowest BCUT2D eigenvalue weighted by Gasteiger charge is -2.05. The van der Waals surface area contributed by atoms with Crippen LogP contribution >= 0.6 is 0 Å². The first-order chi connectivity index (χ1) is 8.65. The van der Waals surface area contributed by atoms with Crippen LogP contribution in [0.2, 0.25) is 0 Å². The number of nitrogens with one attached hydrogen (secondary N) is 1. The SMILES string of the molecule is COC(=O)CCCCCNc1nccn(C)c1=O. The first-order valence-corrected chi connectivity index (χ1v) is 5.97. The van der Waals surface area contributed by atoms with Gasteiger partial charge in [0.2, 0.25) is 0 Å². The summed E-state index contributed by atoms with van der Waals surface area (Å²) in [5.74, 6) is 0.189. The number of aryl methyl sites for hydroxylation is 1. The number of rotatable bonds is 7. The summed E-state index contributed by atoms with van der Waals surface area (Å²) >= 11 is 0.